The van der Waals surface area contributed by atoms with E-state index < -0.39 is 23.5 Å². The van der Waals surface area contributed by atoms with Gasteiger partial charge in [0.15, 0.2) is 5.78 Å². The average Bonchev–Trinajstić information content (AvgIpc) is 1.71. The van der Waals surface area contributed by atoms with Crippen molar-refractivity contribution >= 4 is 80.9 Å². The third kappa shape index (κ3) is 19.9. The van der Waals surface area contributed by atoms with Crippen molar-refractivity contribution in [1.29, 1.82) is 0 Å². The number of aromatic nitrogens is 1. The highest BCUT2D eigenvalue weighted by molar-refractivity contribution is 7.99. The number of morpholine rings is 1. The fraction of sp³-hybridized carbons (Fsp3) is 0.500. The fourth-order valence-electron chi connectivity index (χ4n) is 15.1. The van der Waals surface area contributed by atoms with Gasteiger partial charge < -0.3 is 35.2 Å². The van der Waals surface area contributed by atoms with Crippen LogP contribution in [0.4, 0.5) is 11.4 Å². The van der Waals surface area contributed by atoms with Crippen molar-refractivity contribution in [3.8, 4) is 10.4 Å². The van der Waals surface area contributed by atoms with E-state index in [1.165, 1.54) is 26.5 Å². The number of benzene rings is 5. The maximum atomic E-state index is 14.5. The van der Waals surface area contributed by atoms with E-state index >= 15 is 0 Å². The van der Waals surface area contributed by atoms with E-state index in [2.05, 4.69) is 134 Å². The molecule has 5 aliphatic rings. The van der Waals surface area contributed by atoms with Gasteiger partial charge in [0.1, 0.15) is 5.78 Å². The first-order chi connectivity index (χ1) is 47.6. The minimum absolute atomic E-state index is 0.00974. The largest absolute Gasteiger partial charge is 0.391 e. The summed E-state index contributed by atoms with van der Waals surface area (Å²) in [6.07, 6.45) is 3.09. The summed E-state index contributed by atoms with van der Waals surface area (Å²) in [6.45, 7) is 27.2. The Hall–Kier alpha value is -6.74. The summed E-state index contributed by atoms with van der Waals surface area (Å²) in [6, 6.07) is 41.1. The Balaban J connectivity index is 0.632. The van der Waals surface area contributed by atoms with E-state index in [0.717, 1.165) is 153 Å². The molecule has 1 aromatic heterocycles. The number of aliphatic hydroxyl groups is 1. The number of β-amino-alcohol motifs (C(OH)–C–C–N with tert-alkyl or cyclic N) is 1. The number of carbonyl (C=O) groups is 5. The summed E-state index contributed by atoms with van der Waals surface area (Å²) in [5, 5.41) is 18.7. The molecule has 5 aromatic carbocycles. The van der Waals surface area contributed by atoms with Crippen LogP contribution in [-0.2, 0) is 30.5 Å². The van der Waals surface area contributed by atoms with E-state index in [1.54, 1.807) is 16.2 Å². The molecule has 3 N–H and O–H groups in total. The molecule has 6 aromatic rings. The molecule has 1 aliphatic carbocycles. The topological polar surface area (TPSA) is 171 Å². The highest BCUT2D eigenvalue weighted by atomic mass is 35.5. The van der Waals surface area contributed by atoms with Crippen LogP contribution in [0.3, 0.4) is 0 Å². The number of thiazole rings is 1. The van der Waals surface area contributed by atoms with Gasteiger partial charge in [-0.3, -0.25) is 38.7 Å². The minimum atomic E-state index is -0.848. The van der Waals surface area contributed by atoms with Crippen LogP contribution < -0.4 is 15.5 Å². The highest BCUT2D eigenvalue weighted by Gasteiger charge is 2.45. The number of ether oxygens (including phenoxy) is 1. The van der Waals surface area contributed by atoms with Crippen LogP contribution in [-0.4, -0.2) is 193 Å². The minimum Gasteiger partial charge on any atom is -0.391 e. The van der Waals surface area contributed by atoms with Gasteiger partial charge in [-0.05, 0) is 144 Å². The summed E-state index contributed by atoms with van der Waals surface area (Å²) < 4.78 is 5.60. The highest BCUT2D eigenvalue weighted by Crippen LogP contribution is 2.45. The van der Waals surface area contributed by atoms with Crippen molar-refractivity contribution in [3.05, 3.63) is 171 Å². The summed E-state index contributed by atoms with van der Waals surface area (Å²) >= 11 is 9.92. The maximum absolute atomic E-state index is 14.5. The quantitative estimate of drug-likeness (QED) is 0.0329. The van der Waals surface area contributed by atoms with Crippen molar-refractivity contribution in [3.63, 3.8) is 0 Å². The number of allylic oxidation sites excluding steroid dienone is 1. The number of Topliss-reactive ketones (excluding diaryl/α,β-unsaturated/α-hetero) is 2. The second-order valence-corrected chi connectivity index (χ2v) is 32.2. The number of rotatable bonds is 27. The van der Waals surface area contributed by atoms with Crippen LogP contribution >= 0.6 is 34.7 Å². The normalized spacial score (nSPS) is 20.8. The average molecular weight is 1400 g/mol. The van der Waals surface area contributed by atoms with Crippen LogP contribution in [0.5, 0.6) is 0 Å². The van der Waals surface area contributed by atoms with E-state index in [0.29, 0.717) is 44.3 Å². The monoisotopic (exact) mass is 1400 g/mol. The lowest BCUT2D eigenvalue weighted by Gasteiger charge is -2.44. The van der Waals surface area contributed by atoms with Crippen molar-refractivity contribution in [2.75, 3.05) is 121 Å². The number of carbonyl (C=O) groups excluding carboxylic acids is 5. The lowest BCUT2D eigenvalue weighted by Crippen LogP contribution is -2.52. The number of aryl methyl sites for hydroxylation is 2. The summed E-state index contributed by atoms with van der Waals surface area (Å²) in [4.78, 5) is 90.1. The molecule has 4 aliphatic heterocycles. The Morgan fingerprint density at radius 2 is 1.51 bits per heavy atom. The molecule has 0 bridgehead atoms. The number of ketones is 2. The van der Waals surface area contributed by atoms with Crippen LogP contribution in [0, 0.1) is 30.6 Å². The predicted molar refractivity (Wildman–Crippen MR) is 401 cm³/mol. The standard InChI is InChI=1S/C80H102ClN9O7S2/c1-55(59-14-16-61(17-15-59)76-57(3)83-54-99-76)44-74(93)73-46-68(92)51-90(73)78(96)71(79(4,5)6)45-67(91)47-75(94)89-37-33-87(34-38-89)53-80(7)29-27-70(60-18-22-64(81)23-19-60)63(48-80)50-86-31-35-88(36-32-86)66-24-20-62(21-25-66)77(95)82-49-58-13-26-72(56(2)43-58)84-65(28-30-85-39-41-97-42-40-85)52-98-69-11-9-8-10-12-69/h8-26,43,54-55,65,68,71,73,84,92H,27-42,44-53H2,1-7H3,(H,82,95)/t55-,65-,68-,71-,73+,80?/m1/s1. The first-order valence-corrected chi connectivity index (χ1v) is 38.0. The van der Waals surface area contributed by atoms with Gasteiger partial charge in [-0.25, -0.2) is 4.98 Å². The number of thioether (sulfide) groups is 1. The Kier molecular flexibility index (Phi) is 25.1. The third-order valence-electron chi connectivity index (χ3n) is 21.1. The molecule has 4 fully saturated rings. The molecular weight excluding hydrogens is 1300 g/mol. The number of nitrogens with one attached hydrogen (secondary N) is 2. The fourth-order valence-corrected chi connectivity index (χ4v) is 17.1. The van der Waals surface area contributed by atoms with Crippen LogP contribution in [0.2, 0.25) is 5.02 Å². The molecule has 1 unspecified atom stereocenters. The molecule has 11 rings (SSSR count). The Morgan fingerprint density at radius 3 is 2.18 bits per heavy atom. The zero-order valence-electron chi connectivity index (χ0n) is 59.1. The molecule has 5 heterocycles. The smallest absolute Gasteiger partial charge is 0.251 e. The zero-order chi connectivity index (χ0) is 69.8. The van der Waals surface area contributed by atoms with Gasteiger partial charge in [-0.1, -0.05) is 119 Å². The SMILES string of the molecule is Cc1cc(CNC(=O)c2ccc(N3CCN(CC4=C(c5ccc(Cl)cc5)CCC(C)(CN5CCN(C(=O)CC(=O)C[C@H](C(=O)N6C[C@H](O)C[C@H]6C(=O)C[C@@H](C)c6ccc(-c7scnc7C)cc6)C(C)(C)C)CC5)C4)CC3)cc2)ccc1N[C@H](CCN1CCOCC1)CSc1ccccc1. The molecule has 0 radical (unpaired) electrons. The molecule has 19 heteroatoms. The molecule has 4 saturated heterocycles. The molecule has 3 amide bonds. The second-order valence-electron chi connectivity index (χ2n) is 29.8. The molecule has 528 valence electrons. The third-order valence-corrected chi connectivity index (χ3v) is 23.5. The summed E-state index contributed by atoms with van der Waals surface area (Å²) in [5.74, 6) is -0.966. The Morgan fingerprint density at radius 1 is 0.808 bits per heavy atom. The van der Waals surface area contributed by atoms with E-state index in [-0.39, 0.29) is 72.8 Å². The van der Waals surface area contributed by atoms with Crippen LogP contribution in [0.15, 0.2) is 137 Å². The number of likely N-dealkylation sites (tertiary alicyclic amines) is 1. The number of halogens is 1. The van der Waals surface area contributed by atoms with Gasteiger partial charge >= 0.3 is 0 Å². The van der Waals surface area contributed by atoms with Crippen LogP contribution in [0.1, 0.15) is 130 Å². The maximum Gasteiger partial charge on any atom is 0.251 e. The van der Waals surface area contributed by atoms with Crippen molar-refractivity contribution < 1.29 is 33.8 Å². The second kappa shape index (κ2) is 33.8. The summed E-state index contributed by atoms with van der Waals surface area (Å²) in [7, 11) is 0. The Bertz CT molecular complexity index is 3750. The first kappa shape index (κ1) is 73.5. The zero-order valence-corrected chi connectivity index (χ0v) is 61.5. The molecule has 0 spiro atoms. The number of aliphatic hydroxyl groups excluding tert-OH is 1. The molecule has 16 nitrogen and oxygen atoms in total. The number of piperazine rings is 2. The molecule has 6 atom stereocenters. The van der Waals surface area contributed by atoms with E-state index in [9.17, 15) is 29.1 Å². The van der Waals surface area contributed by atoms with Gasteiger partial charge in [0.25, 0.3) is 5.91 Å². The predicted octanol–water partition coefficient (Wildman–Crippen LogP) is 13.0. The molecular formula is C80H102ClN9O7S2. The van der Waals surface area contributed by atoms with Crippen molar-refractivity contribution in [2.24, 2.45) is 16.7 Å². The van der Waals surface area contributed by atoms with E-state index in [1.807, 2.05) is 88.3 Å². The van der Waals surface area contributed by atoms with Crippen molar-refractivity contribution in [2.45, 2.75) is 135 Å². The number of amides is 3. The van der Waals surface area contributed by atoms with Crippen molar-refractivity contribution in [1.82, 2.24) is 34.8 Å². The van der Waals surface area contributed by atoms with Gasteiger partial charge in [-0.2, -0.15) is 0 Å². The van der Waals surface area contributed by atoms with Gasteiger partial charge in [0, 0.05) is 162 Å². The lowest BCUT2D eigenvalue weighted by atomic mass is 9.71. The number of hydrogen-bond acceptors (Lipinski definition) is 15. The number of anilines is 2. The van der Waals surface area contributed by atoms with Crippen LogP contribution in [0.25, 0.3) is 16.0 Å². The summed E-state index contributed by atoms with van der Waals surface area (Å²) in [5.41, 5.74) is 13.5. The Labute approximate surface area is 600 Å². The van der Waals surface area contributed by atoms with Gasteiger partial charge in [0.05, 0.1) is 47.9 Å². The van der Waals surface area contributed by atoms with E-state index in [4.69, 9.17) is 16.3 Å². The lowest BCUT2D eigenvalue weighted by molar-refractivity contribution is -0.147. The van der Waals surface area contributed by atoms with Gasteiger partial charge in [0.2, 0.25) is 11.8 Å². The molecule has 99 heavy (non-hydrogen) atoms. The first-order valence-electron chi connectivity index (χ1n) is 35.8. The number of nitrogens with zero attached hydrogens (tertiary/aromatic N) is 7. The number of hydrogen-bond donors (Lipinski definition) is 3. The molecule has 0 saturated carbocycles. The van der Waals surface area contributed by atoms with Gasteiger partial charge in [-0.15, -0.1) is 23.1 Å².